The molecule has 1 heterocycles. The molecule has 1 aromatic heterocycles. The van der Waals surface area contributed by atoms with Gasteiger partial charge in [-0.25, -0.2) is 0 Å². The molecule has 0 spiro atoms. The van der Waals surface area contributed by atoms with Gasteiger partial charge in [0.05, 0.1) is 5.56 Å². The van der Waals surface area contributed by atoms with E-state index in [9.17, 15) is 13.2 Å². The summed E-state index contributed by atoms with van der Waals surface area (Å²) in [5.41, 5.74) is 4.81. The van der Waals surface area contributed by atoms with E-state index in [0.29, 0.717) is 11.9 Å². The van der Waals surface area contributed by atoms with Crippen molar-refractivity contribution in [3.63, 3.8) is 0 Å². The first-order valence-electron chi connectivity index (χ1n) is 4.30. The number of rotatable bonds is 1. The number of benzene rings is 1. The lowest BCUT2D eigenvalue weighted by molar-refractivity contribution is -0.137. The lowest BCUT2D eigenvalue weighted by Crippen LogP contribution is -2.03. The second kappa shape index (κ2) is 3.50. The van der Waals surface area contributed by atoms with Crippen LogP contribution < -0.4 is 5.73 Å². The van der Waals surface area contributed by atoms with Crippen molar-refractivity contribution < 1.29 is 13.2 Å². The summed E-state index contributed by atoms with van der Waals surface area (Å²) in [7, 11) is 0. The zero-order valence-corrected chi connectivity index (χ0v) is 8.45. The van der Waals surface area contributed by atoms with Gasteiger partial charge in [-0.2, -0.15) is 13.2 Å². The fourth-order valence-electron chi connectivity index (χ4n) is 1.38. The minimum atomic E-state index is -4.28. The fraction of sp³-hybridized carbons (Fsp3) is 0.200. The third-order valence-corrected chi connectivity index (χ3v) is 3.23. The molecule has 0 atom stereocenters. The second-order valence-electron chi connectivity index (χ2n) is 3.17. The summed E-state index contributed by atoms with van der Waals surface area (Å²) < 4.78 is 38.0. The molecule has 0 unspecified atom stereocenters. The molecule has 0 saturated carbocycles. The average Bonchev–Trinajstić information content (AvgIpc) is 2.57. The van der Waals surface area contributed by atoms with Crippen LogP contribution in [0.4, 0.5) is 13.2 Å². The van der Waals surface area contributed by atoms with Gasteiger partial charge in [-0.1, -0.05) is 0 Å². The maximum absolute atomic E-state index is 12.4. The number of nitrogens with two attached hydrogens (primary N) is 1. The molecule has 1 nitrogen and oxygen atoms in total. The minimum absolute atomic E-state index is 0.362. The van der Waals surface area contributed by atoms with Gasteiger partial charge < -0.3 is 5.73 Å². The second-order valence-corrected chi connectivity index (χ2v) is 4.34. The van der Waals surface area contributed by atoms with Crippen molar-refractivity contribution in [3.8, 4) is 0 Å². The molecule has 2 N–H and O–H groups in total. The molecule has 2 aromatic rings. The highest BCUT2D eigenvalue weighted by atomic mass is 32.1. The molecule has 0 radical (unpaired) electrons. The van der Waals surface area contributed by atoms with Gasteiger partial charge in [0.25, 0.3) is 0 Å². The molecule has 5 heteroatoms. The Balaban J connectivity index is 2.55. The lowest BCUT2D eigenvalue weighted by Gasteiger charge is -2.05. The molecule has 0 aliphatic rings. The molecule has 15 heavy (non-hydrogen) atoms. The normalized spacial score (nSPS) is 12.3. The SMILES string of the molecule is NCc1cc2cc(C(F)(F)F)ccc2s1. The molecule has 0 aliphatic carbocycles. The summed E-state index contributed by atoms with van der Waals surface area (Å²) in [4.78, 5) is 0.893. The van der Waals surface area contributed by atoms with E-state index in [4.69, 9.17) is 5.73 Å². The number of hydrogen-bond acceptors (Lipinski definition) is 2. The van der Waals surface area contributed by atoms with Crippen LogP contribution in [0.1, 0.15) is 10.4 Å². The Morgan fingerprint density at radius 2 is 1.93 bits per heavy atom. The molecule has 0 saturated heterocycles. The van der Waals surface area contributed by atoms with E-state index in [-0.39, 0.29) is 0 Å². The molecule has 0 fully saturated rings. The Bertz CT molecular complexity index is 487. The van der Waals surface area contributed by atoms with Gasteiger partial charge in [-0.3, -0.25) is 0 Å². The molecule has 80 valence electrons. The van der Waals surface area contributed by atoms with E-state index in [0.717, 1.165) is 21.7 Å². The van der Waals surface area contributed by atoms with Crippen molar-refractivity contribution in [2.24, 2.45) is 5.73 Å². The highest BCUT2D eigenvalue weighted by molar-refractivity contribution is 7.19. The Labute approximate surface area is 88.3 Å². The maximum Gasteiger partial charge on any atom is 0.416 e. The minimum Gasteiger partial charge on any atom is -0.326 e. The smallest absolute Gasteiger partial charge is 0.326 e. The van der Waals surface area contributed by atoms with Crippen molar-refractivity contribution >= 4 is 21.4 Å². The Morgan fingerprint density at radius 1 is 1.20 bits per heavy atom. The van der Waals surface area contributed by atoms with Gasteiger partial charge in [-0.15, -0.1) is 11.3 Å². The summed E-state index contributed by atoms with van der Waals surface area (Å²) in [6, 6.07) is 5.45. The zero-order chi connectivity index (χ0) is 11.1. The van der Waals surface area contributed by atoms with Crippen molar-refractivity contribution in [3.05, 3.63) is 34.7 Å². The molecule has 0 bridgehead atoms. The lowest BCUT2D eigenvalue weighted by atomic mass is 10.1. The van der Waals surface area contributed by atoms with Crippen LogP contribution in [0, 0.1) is 0 Å². The van der Waals surface area contributed by atoms with Crippen molar-refractivity contribution in [2.45, 2.75) is 12.7 Å². The first kappa shape index (κ1) is 10.4. The molecule has 0 aliphatic heterocycles. The van der Waals surface area contributed by atoms with Crippen LogP contribution in [0.2, 0.25) is 0 Å². The summed E-state index contributed by atoms with van der Waals surface area (Å²) >= 11 is 1.42. The standard InChI is InChI=1S/C10H8F3NS/c11-10(12,13)7-1-2-9-6(3-7)4-8(5-14)15-9/h1-4H,5,14H2. The van der Waals surface area contributed by atoms with Gasteiger partial charge >= 0.3 is 6.18 Å². The van der Waals surface area contributed by atoms with E-state index in [1.807, 2.05) is 0 Å². The van der Waals surface area contributed by atoms with Crippen LogP contribution in [0.25, 0.3) is 10.1 Å². The van der Waals surface area contributed by atoms with E-state index >= 15 is 0 Å². The number of thiophene rings is 1. The third-order valence-electron chi connectivity index (χ3n) is 2.10. The first-order chi connectivity index (χ1) is 7.00. The Hall–Kier alpha value is -1.07. The quantitative estimate of drug-likeness (QED) is 0.800. The Kier molecular flexibility index (Phi) is 2.44. The fourth-order valence-corrected chi connectivity index (χ4v) is 2.30. The molecule has 1 aromatic carbocycles. The summed E-state index contributed by atoms with van der Waals surface area (Å²) in [5, 5.41) is 0.607. The van der Waals surface area contributed by atoms with Gasteiger partial charge in [0.15, 0.2) is 0 Å². The van der Waals surface area contributed by atoms with E-state index in [2.05, 4.69) is 0 Å². The van der Waals surface area contributed by atoms with Crippen molar-refractivity contribution in [1.29, 1.82) is 0 Å². The zero-order valence-electron chi connectivity index (χ0n) is 7.64. The van der Waals surface area contributed by atoms with Crippen LogP contribution in [0.3, 0.4) is 0 Å². The molecule has 0 amide bonds. The van der Waals surface area contributed by atoms with Crippen LogP contribution in [0.15, 0.2) is 24.3 Å². The van der Waals surface area contributed by atoms with Crippen LogP contribution >= 0.6 is 11.3 Å². The van der Waals surface area contributed by atoms with Crippen LogP contribution in [-0.4, -0.2) is 0 Å². The van der Waals surface area contributed by atoms with Gasteiger partial charge in [0.2, 0.25) is 0 Å². The van der Waals surface area contributed by atoms with Gasteiger partial charge in [0.1, 0.15) is 0 Å². The predicted octanol–water partition coefficient (Wildman–Crippen LogP) is 3.38. The third kappa shape index (κ3) is 1.98. The molecular formula is C10H8F3NS. The Morgan fingerprint density at radius 3 is 2.53 bits per heavy atom. The molecule has 2 rings (SSSR count). The summed E-state index contributed by atoms with van der Waals surface area (Å²) in [6.07, 6.45) is -4.28. The van der Waals surface area contributed by atoms with Crippen molar-refractivity contribution in [2.75, 3.05) is 0 Å². The number of halogens is 3. The summed E-state index contributed by atoms with van der Waals surface area (Å²) in [5.74, 6) is 0. The van der Waals surface area contributed by atoms with E-state index < -0.39 is 11.7 Å². The van der Waals surface area contributed by atoms with Crippen molar-refractivity contribution in [1.82, 2.24) is 0 Å². The van der Waals surface area contributed by atoms with Gasteiger partial charge in [-0.05, 0) is 29.7 Å². The summed E-state index contributed by atoms with van der Waals surface area (Å²) in [6.45, 7) is 0.362. The topological polar surface area (TPSA) is 26.0 Å². The van der Waals surface area contributed by atoms with Gasteiger partial charge in [0, 0.05) is 16.1 Å². The first-order valence-corrected chi connectivity index (χ1v) is 5.12. The molecular weight excluding hydrogens is 223 g/mol. The highest BCUT2D eigenvalue weighted by Crippen LogP contribution is 2.33. The maximum atomic E-state index is 12.4. The number of hydrogen-bond donors (Lipinski definition) is 1. The van der Waals surface area contributed by atoms with Crippen LogP contribution in [0.5, 0.6) is 0 Å². The predicted molar refractivity (Wildman–Crippen MR) is 54.7 cm³/mol. The van der Waals surface area contributed by atoms with E-state index in [1.54, 1.807) is 6.07 Å². The van der Waals surface area contributed by atoms with Crippen LogP contribution in [-0.2, 0) is 12.7 Å². The highest BCUT2D eigenvalue weighted by Gasteiger charge is 2.30. The largest absolute Gasteiger partial charge is 0.416 e. The van der Waals surface area contributed by atoms with E-state index in [1.165, 1.54) is 17.4 Å². The number of alkyl halides is 3. The number of fused-ring (bicyclic) bond motifs is 1. The monoisotopic (exact) mass is 231 g/mol. The average molecular weight is 231 g/mol.